The highest BCUT2D eigenvalue weighted by atomic mass is 31.2. The summed E-state index contributed by atoms with van der Waals surface area (Å²) < 4.78 is 48.9. The molecule has 0 aromatic carbocycles. The van der Waals surface area contributed by atoms with Crippen molar-refractivity contribution in [3.63, 3.8) is 0 Å². The molecule has 0 heterocycles. The fraction of sp³-hybridized carbons (Fsp3) is 0.867. The van der Waals surface area contributed by atoms with Crippen LogP contribution >= 0.6 is 7.75 Å². The summed E-state index contributed by atoms with van der Waals surface area (Å²) >= 11 is 0. The van der Waals surface area contributed by atoms with Gasteiger partial charge in [-0.25, -0.2) is 18.9 Å². The van der Waals surface area contributed by atoms with Gasteiger partial charge in [0.25, 0.3) is 0 Å². The predicted molar refractivity (Wildman–Crippen MR) is 169 cm³/mol. The molecule has 15 heteroatoms. The van der Waals surface area contributed by atoms with Gasteiger partial charge in [-0.15, -0.1) is 4.76 Å². The molecule has 1 rings (SSSR count). The van der Waals surface area contributed by atoms with Gasteiger partial charge in [-0.3, -0.25) is 9.05 Å². The van der Waals surface area contributed by atoms with Gasteiger partial charge in [0.05, 0.1) is 39.6 Å². The second-order valence-corrected chi connectivity index (χ2v) is 12.8. The number of hydrogen-bond donors (Lipinski definition) is 2. The number of nitrogens with zero attached hydrogens (tertiary/aromatic N) is 2. The van der Waals surface area contributed by atoms with Gasteiger partial charge in [-0.05, 0) is 57.3 Å². The number of rotatable bonds is 24. The summed E-state index contributed by atoms with van der Waals surface area (Å²) in [5, 5.41) is 9.94. The first-order chi connectivity index (χ1) is 21.6. The van der Waals surface area contributed by atoms with Crippen LogP contribution in [0.25, 0.3) is 0 Å². The molecule has 0 aromatic heterocycles. The quantitative estimate of drug-likeness (QED) is 0.0367. The number of carbonyl (C=O) groups is 3. The lowest BCUT2D eigenvalue weighted by Crippen LogP contribution is -2.50. The Labute approximate surface area is 268 Å². The van der Waals surface area contributed by atoms with E-state index in [9.17, 15) is 24.1 Å². The summed E-state index contributed by atoms with van der Waals surface area (Å²) in [4.78, 5) is 36.8. The molecule has 1 aliphatic rings. The molecule has 0 bridgehead atoms. The van der Waals surface area contributed by atoms with Crippen LogP contribution < -0.4 is 5.73 Å². The molecule has 0 saturated heterocycles. The van der Waals surface area contributed by atoms with E-state index in [-0.39, 0.29) is 38.3 Å². The van der Waals surface area contributed by atoms with Crippen LogP contribution in [0.5, 0.6) is 0 Å². The van der Waals surface area contributed by atoms with Crippen LogP contribution in [0.2, 0.25) is 0 Å². The van der Waals surface area contributed by atoms with Crippen molar-refractivity contribution >= 4 is 32.0 Å². The molecular weight excluding hydrogens is 609 g/mol. The van der Waals surface area contributed by atoms with Crippen molar-refractivity contribution in [1.29, 1.82) is 0 Å². The SMILES string of the molecule is CCCCCOC(=O)OCCCCOP(=O)(N=C(N)N(C)C(C(=O)O)C1CCCCC1)OCCCCOC(=O)OCCCCC. The summed E-state index contributed by atoms with van der Waals surface area (Å²) in [5.41, 5.74) is 6.17. The van der Waals surface area contributed by atoms with E-state index in [0.717, 1.165) is 70.6 Å². The van der Waals surface area contributed by atoms with E-state index in [1.807, 2.05) is 0 Å². The summed E-state index contributed by atoms with van der Waals surface area (Å²) in [5.74, 6) is -1.42. The van der Waals surface area contributed by atoms with Gasteiger partial charge in [-0.1, -0.05) is 58.8 Å². The van der Waals surface area contributed by atoms with Crippen molar-refractivity contribution in [2.45, 2.75) is 116 Å². The van der Waals surface area contributed by atoms with Gasteiger partial charge in [0.2, 0.25) is 5.96 Å². The number of carboxylic acids is 1. The van der Waals surface area contributed by atoms with Crippen molar-refractivity contribution in [1.82, 2.24) is 4.90 Å². The Balaban J connectivity index is 2.67. The standard InChI is InChI=1S/C30H56N3O11P/c1-4-6-11-19-39-29(36)41-21-13-15-23-43-45(38,44-24-16-14-22-42-30(37)40-20-12-7-5-2)32-28(31)33(3)26(27(34)35)25-17-9-8-10-18-25/h25-26H,4-24H2,1-3H3,(H,34,35)(H2,31,32,38). The minimum absolute atomic E-state index is 0.0371. The maximum Gasteiger partial charge on any atom is 0.508 e. The van der Waals surface area contributed by atoms with Crippen LogP contribution in [0.1, 0.15) is 110 Å². The van der Waals surface area contributed by atoms with Crippen LogP contribution in [-0.4, -0.2) is 87.0 Å². The molecule has 1 fully saturated rings. The summed E-state index contributed by atoms with van der Waals surface area (Å²) in [6.07, 6.45) is 10.1. The Hall–Kier alpha value is -2.57. The Morgan fingerprint density at radius 1 is 0.756 bits per heavy atom. The monoisotopic (exact) mass is 665 g/mol. The van der Waals surface area contributed by atoms with E-state index in [2.05, 4.69) is 18.6 Å². The number of unbranched alkanes of at least 4 members (excludes halogenated alkanes) is 6. The van der Waals surface area contributed by atoms with Crippen molar-refractivity contribution in [3.05, 3.63) is 0 Å². The molecule has 1 saturated carbocycles. The van der Waals surface area contributed by atoms with Gasteiger partial charge in [0.15, 0.2) is 0 Å². The second kappa shape index (κ2) is 24.6. The lowest BCUT2D eigenvalue weighted by molar-refractivity contribution is -0.143. The lowest BCUT2D eigenvalue weighted by atomic mass is 9.83. The van der Waals surface area contributed by atoms with Gasteiger partial charge in [-0.2, -0.15) is 0 Å². The maximum absolute atomic E-state index is 13.6. The summed E-state index contributed by atoms with van der Waals surface area (Å²) in [6.45, 7) is 4.84. The van der Waals surface area contributed by atoms with Crippen LogP contribution in [0, 0.1) is 5.92 Å². The highest BCUT2D eigenvalue weighted by Gasteiger charge is 2.35. The molecule has 1 aliphatic carbocycles. The number of hydrogen-bond acceptors (Lipinski definition) is 10. The Bertz CT molecular complexity index is 876. The molecular formula is C30H56N3O11P. The molecule has 262 valence electrons. The maximum atomic E-state index is 13.6. The van der Waals surface area contributed by atoms with Crippen LogP contribution in [0.15, 0.2) is 4.76 Å². The predicted octanol–water partition coefficient (Wildman–Crippen LogP) is 6.65. The largest absolute Gasteiger partial charge is 0.508 e. The molecule has 0 spiro atoms. The smallest absolute Gasteiger partial charge is 0.480 e. The van der Waals surface area contributed by atoms with Gasteiger partial charge in [0, 0.05) is 7.05 Å². The van der Waals surface area contributed by atoms with E-state index < -0.39 is 32.1 Å². The van der Waals surface area contributed by atoms with E-state index in [1.165, 1.54) is 11.9 Å². The van der Waals surface area contributed by atoms with E-state index in [0.29, 0.717) is 38.9 Å². The first-order valence-corrected chi connectivity index (χ1v) is 17.9. The molecule has 45 heavy (non-hydrogen) atoms. The Kier molecular flexibility index (Phi) is 22.1. The number of nitrogens with two attached hydrogens (primary N) is 1. The highest BCUT2D eigenvalue weighted by molar-refractivity contribution is 7.52. The topological polar surface area (TPSA) is 186 Å². The molecule has 3 N–H and O–H groups in total. The average molecular weight is 666 g/mol. The van der Waals surface area contributed by atoms with Gasteiger partial charge in [0.1, 0.15) is 6.04 Å². The first kappa shape index (κ1) is 40.5. The third kappa shape index (κ3) is 18.9. The second-order valence-electron chi connectivity index (χ2n) is 11.1. The van der Waals surface area contributed by atoms with E-state index in [1.54, 1.807) is 0 Å². The minimum Gasteiger partial charge on any atom is -0.480 e. The number of guanidine groups is 1. The Morgan fingerprint density at radius 3 is 1.56 bits per heavy atom. The summed E-state index contributed by atoms with van der Waals surface area (Å²) in [7, 11) is -2.65. The number of carboxylic acid groups (broad SMARTS) is 1. The summed E-state index contributed by atoms with van der Waals surface area (Å²) in [6, 6.07) is -0.930. The lowest BCUT2D eigenvalue weighted by Gasteiger charge is -2.34. The number of ether oxygens (including phenoxy) is 4. The number of carbonyl (C=O) groups excluding carboxylic acids is 2. The molecule has 14 nitrogen and oxygen atoms in total. The third-order valence-corrected chi connectivity index (χ3v) is 8.78. The molecule has 0 radical (unpaired) electrons. The zero-order chi connectivity index (χ0) is 33.3. The highest BCUT2D eigenvalue weighted by Crippen LogP contribution is 2.50. The zero-order valence-electron chi connectivity index (χ0n) is 27.5. The fourth-order valence-corrected chi connectivity index (χ4v) is 6.05. The zero-order valence-corrected chi connectivity index (χ0v) is 28.3. The molecule has 1 atom stereocenters. The van der Waals surface area contributed by atoms with E-state index >= 15 is 0 Å². The fourth-order valence-electron chi connectivity index (χ4n) is 4.74. The number of likely N-dealkylation sites (N-methyl/N-ethyl adjacent to an activating group) is 1. The van der Waals surface area contributed by atoms with Crippen molar-refractivity contribution < 1.29 is 52.1 Å². The van der Waals surface area contributed by atoms with Crippen molar-refractivity contribution in [2.24, 2.45) is 16.4 Å². The third-order valence-electron chi connectivity index (χ3n) is 7.31. The molecule has 0 aliphatic heterocycles. The minimum atomic E-state index is -4.15. The van der Waals surface area contributed by atoms with Crippen molar-refractivity contribution in [3.8, 4) is 0 Å². The van der Waals surface area contributed by atoms with Crippen LogP contribution in [0.4, 0.5) is 9.59 Å². The van der Waals surface area contributed by atoms with Crippen LogP contribution in [-0.2, 0) is 37.4 Å². The normalized spacial score (nSPS) is 14.9. The number of aliphatic carboxylic acids is 1. The molecule has 0 aromatic rings. The Morgan fingerprint density at radius 2 is 1.16 bits per heavy atom. The molecule has 1 unspecified atom stereocenters. The van der Waals surface area contributed by atoms with Gasteiger partial charge < -0.3 is 34.7 Å². The first-order valence-electron chi connectivity index (χ1n) is 16.4. The average Bonchev–Trinajstić information content (AvgIpc) is 3.01. The van der Waals surface area contributed by atoms with Crippen molar-refractivity contribution in [2.75, 3.05) is 46.7 Å². The molecule has 0 amide bonds. The van der Waals surface area contributed by atoms with E-state index in [4.69, 9.17) is 33.7 Å². The van der Waals surface area contributed by atoms with Gasteiger partial charge >= 0.3 is 26.0 Å². The van der Waals surface area contributed by atoms with Crippen LogP contribution in [0.3, 0.4) is 0 Å².